The molecule has 160 valence electrons. The Morgan fingerprint density at radius 1 is 1.03 bits per heavy atom. The van der Waals surface area contributed by atoms with Crippen molar-refractivity contribution in [3.63, 3.8) is 0 Å². The highest BCUT2D eigenvalue weighted by atomic mass is 32.2. The summed E-state index contributed by atoms with van der Waals surface area (Å²) in [6, 6.07) is 7.94. The van der Waals surface area contributed by atoms with Crippen LogP contribution in [0.3, 0.4) is 0 Å². The van der Waals surface area contributed by atoms with Crippen molar-refractivity contribution in [1.82, 2.24) is 9.62 Å². The molecule has 0 saturated carbocycles. The van der Waals surface area contributed by atoms with Crippen LogP contribution in [0.15, 0.2) is 47.4 Å². The van der Waals surface area contributed by atoms with Crippen LogP contribution in [0.5, 0.6) is 5.75 Å². The van der Waals surface area contributed by atoms with Gasteiger partial charge in [-0.2, -0.15) is 4.31 Å². The summed E-state index contributed by atoms with van der Waals surface area (Å²) in [6.45, 7) is 0. The molecule has 2 saturated heterocycles. The quantitative estimate of drug-likeness (QED) is 0.782. The lowest BCUT2D eigenvalue weighted by molar-refractivity contribution is 0.0909. The lowest BCUT2D eigenvalue weighted by Gasteiger charge is -2.38. The zero-order valence-electron chi connectivity index (χ0n) is 16.3. The summed E-state index contributed by atoms with van der Waals surface area (Å²) < 4.78 is 60.1. The van der Waals surface area contributed by atoms with E-state index in [-0.39, 0.29) is 34.7 Å². The Balaban J connectivity index is 1.52. The smallest absolute Gasteiger partial charge is 0.251 e. The first-order chi connectivity index (χ1) is 14.3. The van der Waals surface area contributed by atoms with Crippen molar-refractivity contribution in [3.05, 3.63) is 59.7 Å². The third-order valence-corrected chi connectivity index (χ3v) is 7.82. The summed E-state index contributed by atoms with van der Waals surface area (Å²) in [7, 11) is -2.61. The predicted octanol–water partition coefficient (Wildman–Crippen LogP) is 3.09. The van der Waals surface area contributed by atoms with Crippen LogP contribution < -0.4 is 10.1 Å². The number of halogens is 2. The van der Waals surface area contributed by atoms with E-state index in [1.54, 1.807) is 0 Å². The number of hydrogen-bond acceptors (Lipinski definition) is 4. The van der Waals surface area contributed by atoms with Crippen molar-refractivity contribution in [2.75, 3.05) is 7.11 Å². The molecule has 2 aromatic rings. The van der Waals surface area contributed by atoms with Gasteiger partial charge >= 0.3 is 0 Å². The second-order valence-electron chi connectivity index (χ2n) is 7.66. The Hall–Kier alpha value is -2.52. The van der Waals surface area contributed by atoms with E-state index in [1.165, 1.54) is 41.7 Å². The van der Waals surface area contributed by atoms with Gasteiger partial charge in [0.05, 0.1) is 7.11 Å². The molecule has 2 aliphatic heterocycles. The Morgan fingerprint density at radius 2 is 1.63 bits per heavy atom. The Kier molecular flexibility index (Phi) is 5.50. The van der Waals surface area contributed by atoms with Gasteiger partial charge in [-0.3, -0.25) is 4.79 Å². The van der Waals surface area contributed by atoms with Crippen molar-refractivity contribution in [1.29, 1.82) is 0 Å². The number of fused-ring (bicyclic) bond motifs is 2. The predicted molar refractivity (Wildman–Crippen MR) is 106 cm³/mol. The van der Waals surface area contributed by atoms with Gasteiger partial charge in [-0.05, 0) is 68.1 Å². The molecule has 2 atom stereocenters. The fraction of sp³-hybridized carbons (Fsp3) is 0.381. The number of rotatable bonds is 5. The molecule has 2 fully saturated rings. The van der Waals surface area contributed by atoms with E-state index in [2.05, 4.69) is 5.32 Å². The number of carbonyl (C=O) groups is 1. The molecule has 2 aromatic carbocycles. The fourth-order valence-corrected chi connectivity index (χ4v) is 6.54. The van der Waals surface area contributed by atoms with E-state index in [0.29, 0.717) is 31.2 Å². The van der Waals surface area contributed by atoms with Crippen LogP contribution in [-0.2, 0) is 10.0 Å². The molecular formula is C21H22F2N2O4S. The van der Waals surface area contributed by atoms with Crippen molar-refractivity contribution in [2.24, 2.45) is 0 Å². The van der Waals surface area contributed by atoms with Gasteiger partial charge in [0.15, 0.2) is 0 Å². The Labute approximate surface area is 173 Å². The Morgan fingerprint density at radius 3 is 2.23 bits per heavy atom. The van der Waals surface area contributed by atoms with E-state index >= 15 is 0 Å². The molecule has 6 nitrogen and oxygen atoms in total. The summed E-state index contributed by atoms with van der Waals surface area (Å²) >= 11 is 0. The summed E-state index contributed by atoms with van der Waals surface area (Å²) in [5, 5.41) is 2.93. The molecule has 30 heavy (non-hydrogen) atoms. The van der Waals surface area contributed by atoms with Crippen molar-refractivity contribution >= 4 is 15.9 Å². The van der Waals surface area contributed by atoms with Gasteiger partial charge in [-0.25, -0.2) is 17.2 Å². The number of benzene rings is 2. The van der Waals surface area contributed by atoms with Crippen LogP contribution in [0.2, 0.25) is 0 Å². The molecule has 1 amide bonds. The summed E-state index contributed by atoms with van der Waals surface area (Å²) in [6.07, 6.45) is 2.26. The standard InChI is InChI=1S/C21H22F2N2O4S/c1-29-19-9-6-15(23)10-20(19)30(27,28)25-17-7-8-18(25)12-16(11-17)24-21(26)13-2-4-14(22)5-3-13/h2-6,9-10,16-18H,7-8,11-12H2,1H3,(H,24,26). The molecule has 9 heteroatoms. The van der Waals surface area contributed by atoms with E-state index in [1.807, 2.05) is 0 Å². The second kappa shape index (κ2) is 7.96. The van der Waals surface area contributed by atoms with Gasteiger partial charge in [-0.1, -0.05) is 0 Å². The third kappa shape index (κ3) is 3.79. The lowest BCUT2D eigenvalue weighted by atomic mass is 9.99. The maximum atomic E-state index is 13.8. The molecule has 0 aromatic heterocycles. The first kappa shape index (κ1) is 20.7. The number of nitrogens with zero attached hydrogens (tertiary/aromatic N) is 1. The average Bonchev–Trinajstić information content (AvgIpc) is 3.00. The van der Waals surface area contributed by atoms with Crippen LogP contribution in [0.25, 0.3) is 0 Å². The third-order valence-electron chi connectivity index (χ3n) is 5.79. The molecular weight excluding hydrogens is 414 g/mol. The van der Waals surface area contributed by atoms with Gasteiger partial charge < -0.3 is 10.1 Å². The number of carbonyl (C=O) groups excluding carboxylic acids is 1. The number of piperidine rings is 1. The summed E-state index contributed by atoms with van der Waals surface area (Å²) in [5.41, 5.74) is 0.350. The van der Waals surface area contributed by atoms with E-state index in [9.17, 15) is 22.0 Å². The molecule has 2 unspecified atom stereocenters. The van der Waals surface area contributed by atoms with Crippen molar-refractivity contribution in [3.8, 4) is 5.75 Å². The van der Waals surface area contributed by atoms with Gasteiger partial charge in [0.1, 0.15) is 22.3 Å². The van der Waals surface area contributed by atoms with E-state index in [0.717, 1.165) is 12.1 Å². The minimum atomic E-state index is -3.96. The largest absolute Gasteiger partial charge is 0.495 e. The number of nitrogens with one attached hydrogen (secondary N) is 1. The van der Waals surface area contributed by atoms with Gasteiger partial charge in [0.2, 0.25) is 10.0 Å². The number of amides is 1. The van der Waals surface area contributed by atoms with Gasteiger partial charge in [0.25, 0.3) is 5.91 Å². The molecule has 0 aliphatic carbocycles. The molecule has 2 heterocycles. The molecule has 2 bridgehead atoms. The lowest BCUT2D eigenvalue weighted by Crippen LogP contribution is -2.52. The normalized spacial score (nSPS) is 23.9. The van der Waals surface area contributed by atoms with Crippen LogP contribution in [0.1, 0.15) is 36.0 Å². The molecule has 0 spiro atoms. The summed E-state index contributed by atoms with van der Waals surface area (Å²) in [4.78, 5) is 12.3. The monoisotopic (exact) mass is 436 g/mol. The highest BCUT2D eigenvalue weighted by molar-refractivity contribution is 7.89. The first-order valence-electron chi connectivity index (χ1n) is 9.73. The van der Waals surface area contributed by atoms with Crippen LogP contribution >= 0.6 is 0 Å². The minimum absolute atomic E-state index is 0.0996. The van der Waals surface area contributed by atoms with Crippen molar-refractivity contribution in [2.45, 2.75) is 48.7 Å². The summed E-state index contributed by atoms with van der Waals surface area (Å²) in [5.74, 6) is -1.29. The average molecular weight is 436 g/mol. The van der Waals surface area contributed by atoms with Gasteiger partial charge in [0, 0.05) is 23.7 Å². The molecule has 4 rings (SSSR count). The topological polar surface area (TPSA) is 75.7 Å². The zero-order valence-corrected chi connectivity index (χ0v) is 17.2. The highest BCUT2D eigenvalue weighted by Gasteiger charge is 2.48. The first-order valence-corrected chi connectivity index (χ1v) is 11.2. The molecule has 0 radical (unpaired) electrons. The number of hydrogen-bond donors (Lipinski definition) is 1. The second-order valence-corrected chi connectivity index (χ2v) is 9.48. The minimum Gasteiger partial charge on any atom is -0.495 e. The van der Waals surface area contributed by atoms with Crippen LogP contribution in [0, 0.1) is 11.6 Å². The number of ether oxygens (including phenoxy) is 1. The van der Waals surface area contributed by atoms with Crippen molar-refractivity contribution < 1.29 is 26.7 Å². The van der Waals surface area contributed by atoms with Crippen LogP contribution in [-0.4, -0.2) is 43.9 Å². The highest BCUT2D eigenvalue weighted by Crippen LogP contribution is 2.41. The van der Waals surface area contributed by atoms with E-state index < -0.39 is 21.7 Å². The fourth-order valence-electron chi connectivity index (χ4n) is 4.48. The maximum absolute atomic E-state index is 13.8. The molecule has 1 N–H and O–H groups in total. The van der Waals surface area contributed by atoms with Gasteiger partial charge in [-0.15, -0.1) is 0 Å². The number of sulfonamides is 1. The SMILES string of the molecule is COc1ccc(F)cc1S(=O)(=O)N1C2CCC1CC(NC(=O)c1ccc(F)cc1)C2. The van der Waals surface area contributed by atoms with E-state index in [4.69, 9.17) is 4.74 Å². The van der Waals surface area contributed by atoms with Crippen LogP contribution in [0.4, 0.5) is 8.78 Å². The zero-order chi connectivity index (χ0) is 21.5. The molecule has 2 aliphatic rings. The maximum Gasteiger partial charge on any atom is 0.251 e. The number of methoxy groups -OCH3 is 1. The Bertz CT molecular complexity index is 1050.